The SMILES string of the molecule is COC(=O)[C@H](C)C[C@H](NC(=O)[C@@H](O)c1ccccc1)C(=O)OC. The predicted molar refractivity (Wildman–Crippen MR) is 81.1 cm³/mol. The molecule has 0 spiro atoms. The number of rotatable bonds is 7. The molecular formula is C16H21NO6. The fourth-order valence-electron chi connectivity index (χ4n) is 2.04. The normalized spacial score (nSPS) is 14.3. The third-order valence-electron chi connectivity index (χ3n) is 3.36. The zero-order chi connectivity index (χ0) is 17.4. The molecule has 23 heavy (non-hydrogen) atoms. The lowest BCUT2D eigenvalue weighted by molar-refractivity contribution is -0.149. The highest BCUT2D eigenvalue weighted by Crippen LogP contribution is 2.14. The molecule has 0 heterocycles. The molecule has 0 saturated carbocycles. The first kappa shape index (κ1) is 18.6. The molecule has 0 fully saturated rings. The Bertz CT molecular complexity index is 545. The summed E-state index contributed by atoms with van der Waals surface area (Å²) in [5.74, 6) is -2.56. The van der Waals surface area contributed by atoms with E-state index in [4.69, 9.17) is 0 Å². The van der Waals surface area contributed by atoms with Crippen molar-refractivity contribution < 1.29 is 29.0 Å². The quantitative estimate of drug-likeness (QED) is 0.712. The molecule has 0 aromatic heterocycles. The standard InChI is InChI=1S/C16H21NO6/c1-10(15(20)22-2)9-12(16(21)23-3)17-14(19)13(18)11-7-5-4-6-8-11/h4-8,10,12-13,18H,9H2,1-3H3,(H,17,19)/t10-,12+,13+/m1/s1. The Labute approximate surface area is 134 Å². The molecule has 1 aromatic carbocycles. The van der Waals surface area contributed by atoms with E-state index >= 15 is 0 Å². The minimum Gasteiger partial charge on any atom is -0.469 e. The van der Waals surface area contributed by atoms with Gasteiger partial charge < -0.3 is 19.9 Å². The Morgan fingerprint density at radius 1 is 1.09 bits per heavy atom. The van der Waals surface area contributed by atoms with E-state index in [1.165, 1.54) is 14.2 Å². The van der Waals surface area contributed by atoms with Crippen LogP contribution in [0.2, 0.25) is 0 Å². The first-order valence-electron chi connectivity index (χ1n) is 7.09. The summed E-state index contributed by atoms with van der Waals surface area (Å²) in [6.45, 7) is 1.57. The Morgan fingerprint density at radius 2 is 1.65 bits per heavy atom. The van der Waals surface area contributed by atoms with Crippen LogP contribution in [0.4, 0.5) is 0 Å². The maximum Gasteiger partial charge on any atom is 0.328 e. The van der Waals surface area contributed by atoms with Crippen molar-refractivity contribution in [1.29, 1.82) is 0 Å². The van der Waals surface area contributed by atoms with Crippen molar-refractivity contribution in [3.05, 3.63) is 35.9 Å². The molecule has 0 bridgehead atoms. The largest absolute Gasteiger partial charge is 0.469 e. The summed E-state index contributed by atoms with van der Waals surface area (Å²) in [5.41, 5.74) is 0.398. The fourth-order valence-corrected chi connectivity index (χ4v) is 2.04. The van der Waals surface area contributed by atoms with Crippen molar-refractivity contribution in [2.75, 3.05) is 14.2 Å². The van der Waals surface area contributed by atoms with Gasteiger partial charge in [-0.25, -0.2) is 4.79 Å². The molecule has 2 N–H and O–H groups in total. The van der Waals surface area contributed by atoms with E-state index in [0.717, 1.165) is 0 Å². The van der Waals surface area contributed by atoms with E-state index in [-0.39, 0.29) is 6.42 Å². The molecule has 1 aromatic rings. The van der Waals surface area contributed by atoms with E-state index in [2.05, 4.69) is 14.8 Å². The molecule has 3 atom stereocenters. The van der Waals surface area contributed by atoms with Gasteiger partial charge in [0.2, 0.25) is 0 Å². The van der Waals surface area contributed by atoms with Gasteiger partial charge in [-0.1, -0.05) is 37.3 Å². The second-order valence-corrected chi connectivity index (χ2v) is 5.06. The topological polar surface area (TPSA) is 102 Å². The summed E-state index contributed by atoms with van der Waals surface area (Å²) in [6.07, 6.45) is -1.41. The van der Waals surface area contributed by atoms with Crippen LogP contribution in [0.1, 0.15) is 25.0 Å². The van der Waals surface area contributed by atoms with Crippen molar-refractivity contribution in [3.63, 3.8) is 0 Å². The molecule has 0 unspecified atom stereocenters. The molecule has 0 aliphatic rings. The van der Waals surface area contributed by atoms with Gasteiger partial charge in [0.15, 0.2) is 6.10 Å². The van der Waals surface area contributed by atoms with Crippen LogP contribution in [0.15, 0.2) is 30.3 Å². The molecule has 0 saturated heterocycles. The third-order valence-corrected chi connectivity index (χ3v) is 3.36. The van der Waals surface area contributed by atoms with Gasteiger partial charge in [-0.05, 0) is 12.0 Å². The number of amides is 1. The molecule has 7 nitrogen and oxygen atoms in total. The molecule has 7 heteroatoms. The zero-order valence-corrected chi connectivity index (χ0v) is 13.3. The molecule has 1 rings (SSSR count). The number of hydrogen-bond acceptors (Lipinski definition) is 6. The number of hydrogen-bond donors (Lipinski definition) is 2. The minimum absolute atomic E-state index is 0.00654. The fraction of sp³-hybridized carbons (Fsp3) is 0.438. The molecule has 0 aliphatic carbocycles. The predicted octanol–water partition coefficient (Wildman–Crippen LogP) is 0.577. The highest BCUT2D eigenvalue weighted by molar-refractivity contribution is 5.88. The summed E-state index contributed by atoms with van der Waals surface area (Å²) in [4.78, 5) is 35.4. The summed E-state index contributed by atoms with van der Waals surface area (Å²) >= 11 is 0. The van der Waals surface area contributed by atoms with Crippen LogP contribution in [0.3, 0.4) is 0 Å². The van der Waals surface area contributed by atoms with Gasteiger partial charge in [-0.15, -0.1) is 0 Å². The first-order chi connectivity index (χ1) is 10.9. The molecule has 0 radical (unpaired) electrons. The van der Waals surface area contributed by atoms with Crippen LogP contribution in [0, 0.1) is 5.92 Å². The van der Waals surface area contributed by atoms with Crippen molar-refractivity contribution in [3.8, 4) is 0 Å². The average Bonchev–Trinajstić information content (AvgIpc) is 2.59. The van der Waals surface area contributed by atoms with Crippen LogP contribution in [0.25, 0.3) is 0 Å². The highest BCUT2D eigenvalue weighted by Gasteiger charge is 2.29. The number of nitrogens with one attached hydrogen (secondary N) is 1. The Kier molecular flexibility index (Phi) is 7.21. The number of aliphatic hydroxyl groups is 1. The van der Waals surface area contributed by atoms with Gasteiger partial charge in [0.25, 0.3) is 5.91 Å². The van der Waals surface area contributed by atoms with Crippen LogP contribution in [0.5, 0.6) is 0 Å². The van der Waals surface area contributed by atoms with Gasteiger partial charge in [0.05, 0.1) is 20.1 Å². The Balaban J connectivity index is 2.78. The number of carbonyl (C=O) groups excluding carboxylic acids is 3. The number of ether oxygens (including phenoxy) is 2. The summed E-state index contributed by atoms with van der Waals surface area (Å²) in [7, 11) is 2.42. The van der Waals surface area contributed by atoms with Gasteiger partial charge in [-0.3, -0.25) is 9.59 Å². The van der Waals surface area contributed by atoms with Gasteiger partial charge in [0, 0.05) is 0 Å². The van der Waals surface area contributed by atoms with Gasteiger partial charge >= 0.3 is 11.9 Å². The van der Waals surface area contributed by atoms with E-state index in [0.29, 0.717) is 5.56 Å². The summed E-state index contributed by atoms with van der Waals surface area (Å²) < 4.78 is 9.22. The van der Waals surface area contributed by atoms with Crippen LogP contribution >= 0.6 is 0 Å². The second-order valence-electron chi connectivity index (χ2n) is 5.06. The number of aliphatic hydroxyl groups excluding tert-OH is 1. The molecule has 1 amide bonds. The lowest BCUT2D eigenvalue weighted by Gasteiger charge is -2.21. The minimum atomic E-state index is -1.42. The van der Waals surface area contributed by atoms with E-state index in [1.54, 1.807) is 37.3 Å². The lowest BCUT2D eigenvalue weighted by Crippen LogP contribution is -2.45. The van der Waals surface area contributed by atoms with Crippen molar-refractivity contribution >= 4 is 17.8 Å². The van der Waals surface area contributed by atoms with Gasteiger partial charge in [-0.2, -0.15) is 0 Å². The number of carbonyl (C=O) groups is 3. The maximum atomic E-state index is 12.1. The molecule has 0 aliphatic heterocycles. The van der Waals surface area contributed by atoms with Crippen LogP contribution in [-0.4, -0.2) is 43.2 Å². The smallest absolute Gasteiger partial charge is 0.328 e. The lowest BCUT2D eigenvalue weighted by atomic mass is 10.0. The Morgan fingerprint density at radius 3 is 2.17 bits per heavy atom. The zero-order valence-electron chi connectivity index (χ0n) is 13.3. The van der Waals surface area contributed by atoms with E-state index < -0.39 is 35.9 Å². The molecular weight excluding hydrogens is 302 g/mol. The van der Waals surface area contributed by atoms with Crippen molar-refractivity contribution in [2.24, 2.45) is 5.92 Å². The summed E-state index contributed by atoms with van der Waals surface area (Å²) in [5, 5.41) is 12.4. The van der Waals surface area contributed by atoms with Crippen LogP contribution < -0.4 is 5.32 Å². The number of benzene rings is 1. The van der Waals surface area contributed by atoms with Crippen LogP contribution in [-0.2, 0) is 23.9 Å². The molecule has 126 valence electrons. The highest BCUT2D eigenvalue weighted by atomic mass is 16.5. The van der Waals surface area contributed by atoms with Crippen molar-refractivity contribution in [1.82, 2.24) is 5.32 Å². The Hall–Kier alpha value is -2.41. The van der Waals surface area contributed by atoms with Crippen molar-refractivity contribution in [2.45, 2.75) is 25.5 Å². The number of methoxy groups -OCH3 is 2. The van der Waals surface area contributed by atoms with Gasteiger partial charge in [0.1, 0.15) is 6.04 Å². The summed E-state index contributed by atoms with van der Waals surface area (Å²) in [6, 6.07) is 7.25. The first-order valence-corrected chi connectivity index (χ1v) is 7.09. The average molecular weight is 323 g/mol. The second kappa shape index (κ2) is 8.89. The van der Waals surface area contributed by atoms with E-state index in [9.17, 15) is 19.5 Å². The third kappa shape index (κ3) is 5.37. The van der Waals surface area contributed by atoms with E-state index in [1.807, 2.05) is 0 Å². The maximum absolute atomic E-state index is 12.1. The monoisotopic (exact) mass is 323 g/mol. The number of esters is 2.